The molecule has 5 rings (SSSR count). The van der Waals surface area contributed by atoms with Crippen LogP contribution < -0.4 is 29.0 Å². The largest absolute Gasteiger partial charge is 0.493 e. The van der Waals surface area contributed by atoms with Gasteiger partial charge in [-0.15, -0.1) is 0 Å². The van der Waals surface area contributed by atoms with Gasteiger partial charge < -0.3 is 29.0 Å². The molecule has 10 nitrogen and oxygen atoms in total. The number of fused-ring (bicyclic) bond motifs is 1. The van der Waals surface area contributed by atoms with Crippen LogP contribution in [-0.2, 0) is 4.79 Å². The molecule has 0 radical (unpaired) electrons. The zero-order chi connectivity index (χ0) is 25.4. The summed E-state index contributed by atoms with van der Waals surface area (Å²) in [5.74, 6) is 3.22. The predicted octanol–water partition coefficient (Wildman–Crippen LogP) is 3.74. The van der Waals surface area contributed by atoms with Crippen LogP contribution in [0.2, 0.25) is 0 Å². The average Bonchev–Trinajstić information content (AvgIpc) is 3.38. The Labute approximate surface area is 208 Å². The van der Waals surface area contributed by atoms with Gasteiger partial charge in [-0.2, -0.15) is 10.1 Å². The second kappa shape index (κ2) is 9.44. The number of carbonyl (C=O) groups excluding carboxylic acids is 1. The van der Waals surface area contributed by atoms with Gasteiger partial charge in [0.2, 0.25) is 11.7 Å². The molecule has 2 atom stereocenters. The number of anilines is 1. The molecule has 3 aromatic rings. The van der Waals surface area contributed by atoms with Crippen LogP contribution in [0.4, 0.5) is 5.95 Å². The maximum Gasteiger partial charge on any atom is 0.226 e. The molecule has 10 heteroatoms. The third kappa shape index (κ3) is 3.69. The SMILES string of the molecule is COc1cc(C2CC(=O)C3=C(C2)Nc2ncnn2C3c2cccc(OC)c2OC)cc(OC)c1OC. The fourth-order valence-corrected chi connectivity index (χ4v) is 5.14. The lowest BCUT2D eigenvalue weighted by molar-refractivity contribution is -0.116. The molecule has 0 spiro atoms. The van der Waals surface area contributed by atoms with E-state index in [0.29, 0.717) is 53.1 Å². The van der Waals surface area contributed by atoms with Crippen LogP contribution in [0, 0.1) is 0 Å². The third-order valence-corrected chi connectivity index (χ3v) is 6.75. The third-order valence-electron chi connectivity index (χ3n) is 6.75. The van der Waals surface area contributed by atoms with Crippen molar-refractivity contribution in [3.8, 4) is 28.7 Å². The van der Waals surface area contributed by atoms with Gasteiger partial charge in [-0.1, -0.05) is 12.1 Å². The molecular formula is C26H28N4O6. The number of hydrogen-bond donors (Lipinski definition) is 1. The quantitative estimate of drug-likeness (QED) is 0.528. The lowest BCUT2D eigenvalue weighted by Crippen LogP contribution is -2.33. The van der Waals surface area contributed by atoms with Crippen LogP contribution >= 0.6 is 0 Å². The first-order valence-corrected chi connectivity index (χ1v) is 11.5. The molecule has 0 saturated carbocycles. The minimum atomic E-state index is -0.503. The number of benzene rings is 2. The number of carbonyl (C=O) groups is 1. The van der Waals surface area contributed by atoms with Crippen molar-refractivity contribution >= 4 is 11.7 Å². The van der Waals surface area contributed by atoms with Crippen LogP contribution in [0.15, 0.2) is 47.9 Å². The zero-order valence-corrected chi connectivity index (χ0v) is 20.8. The summed E-state index contributed by atoms with van der Waals surface area (Å²) < 4.78 is 29.5. The molecule has 1 aromatic heterocycles. The lowest BCUT2D eigenvalue weighted by atomic mass is 9.77. The molecule has 0 fully saturated rings. The molecule has 36 heavy (non-hydrogen) atoms. The van der Waals surface area contributed by atoms with E-state index in [2.05, 4.69) is 15.4 Å². The van der Waals surface area contributed by atoms with Gasteiger partial charge in [0.15, 0.2) is 28.8 Å². The molecule has 1 N–H and O–H groups in total. The topological polar surface area (TPSA) is 106 Å². The number of allylic oxidation sites excluding steroid dienone is 2. The first-order valence-electron chi connectivity index (χ1n) is 11.5. The van der Waals surface area contributed by atoms with E-state index < -0.39 is 6.04 Å². The average molecular weight is 493 g/mol. The van der Waals surface area contributed by atoms with Crippen LogP contribution in [0.5, 0.6) is 28.7 Å². The van der Waals surface area contributed by atoms with Crippen molar-refractivity contribution < 1.29 is 28.5 Å². The van der Waals surface area contributed by atoms with Gasteiger partial charge in [0, 0.05) is 23.3 Å². The molecule has 1 aliphatic carbocycles. The fourth-order valence-electron chi connectivity index (χ4n) is 5.14. The fraction of sp³-hybridized carbons (Fsp3) is 0.346. The van der Waals surface area contributed by atoms with E-state index in [9.17, 15) is 4.79 Å². The zero-order valence-electron chi connectivity index (χ0n) is 20.8. The molecule has 0 amide bonds. The summed E-state index contributed by atoms with van der Waals surface area (Å²) in [6.07, 6.45) is 2.38. The molecule has 2 heterocycles. The summed E-state index contributed by atoms with van der Waals surface area (Å²) in [4.78, 5) is 18.2. The Morgan fingerprint density at radius 3 is 2.22 bits per heavy atom. The number of ketones is 1. The Kier molecular flexibility index (Phi) is 6.17. The van der Waals surface area contributed by atoms with Gasteiger partial charge in [-0.25, -0.2) is 4.68 Å². The van der Waals surface area contributed by atoms with E-state index in [0.717, 1.165) is 16.8 Å². The Morgan fingerprint density at radius 1 is 0.889 bits per heavy atom. The standard InChI is InChI=1S/C26H28N4O6/c1-32-19-8-6-7-16(24(19)35-4)23-22-17(29-26-27-13-28-30(23)26)9-14(10-18(22)31)15-11-20(33-2)25(36-5)21(12-15)34-3/h6-8,11-14,23H,9-10H2,1-5H3,(H,27,28,29). The van der Waals surface area contributed by atoms with E-state index in [-0.39, 0.29) is 11.7 Å². The van der Waals surface area contributed by atoms with Crippen LogP contribution in [-0.4, -0.2) is 56.1 Å². The van der Waals surface area contributed by atoms with E-state index in [4.69, 9.17) is 23.7 Å². The monoisotopic (exact) mass is 492 g/mol. The molecular weight excluding hydrogens is 464 g/mol. The van der Waals surface area contributed by atoms with E-state index in [1.165, 1.54) is 6.33 Å². The number of rotatable bonds is 7. The van der Waals surface area contributed by atoms with E-state index in [1.54, 1.807) is 40.2 Å². The van der Waals surface area contributed by atoms with Crippen LogP contribution in [0.1, 0.15) is 35.9 Å². The van der Waals surface area contributed by atoms with Gasteiger partial charge in [0.1, 0.15) is 12.4 Å². The smallest absolute Gasteiger partial charge is 0.226 e. The summed E-state index contributed by atoms with van der Waals surface area (Å²) in [6.45, 7) is 0. The van der Waals surface area contributed by atoms with Crippen LogP contribution in [0.25, 0.3) is 0 Å². The number of nitrogens with one attached hydrogen (secondary N) is 1. The number of hydrogen-bond acceptors (Lipinski definition) is 9. The van der Waals surface area contributed by atoms with Crippen LogP contribution in [0.3, 0.4) is 0 Å². The van der Waals surface area contributed by atoms with Gasteiger partial charge in [-0.3, -0.25) is 4.79 Å². The summed E-state index contributed by atoms with van der Waals surface area (Å²) in [5, 5.41) is 7.77. The lowest BCUT2D eigenvalue weighted by Gasteiger charge is -2.35. The number of nitrogens with zero attached hydrogens (tertiary/aromatic N) is 3. The highest BCUT2D eigenvalue weighted by Gasteiger charge is 2.41. The van der Waals surface area contributed by atoms with Crippen molar-refractivity contribution in [1.29, 1.82) is 0 Å². The Balaban J connectivity index is 1.61. The predicted molar refractivity (Wildman–Crippen MR) is 131 cm³/mol. The van der Waals surface area contributed by atoms with Gasteiger partial charge in [0.25, 0.3) is 0 Å². The summed E-state index contributed by atoms with van der Waals surface area (Å²) in [7, 11) is 7.90. The highest BCUT2D eigenvalue weighted by molar-refractivity contribution is 6.00. The number of aromatic nitrogens is 3. The molecule has 0 saturated heterocycles. The van der Waals surface area contributed by atoms with Crippen molar-refractivity contribution in [2.75, 3.05) is 40.9 Å². The molecule has 188 valence electrons. The molecule has 1 aliphatic heterocycles. The van der Waals surface area contributed by atoms with E-state index >= 15 is 0 Å². The number of ether oxygens (including phenoxy) is 5. The molecule has 0 bridgehead atoms. The Hall–Kier alpha value is -4.21. The first kappa shape index (κ1) is 23.5. The number of para-hydroxylation sites is 1. The summed E-state index contributed by atoms with van der Waals surface area (Å²) >= 11 is 0. The maximum absolute atomic E-state index is 13.8. The number of methoxy groups -OCH3 is 5. The second-order valence-electron chi connectivity index (χ2n) is 8.52. The van der Waals surface area contributed by atoms with Gasteiger partial charge in [0.05, 0.1) is 35.5 Å². The van der Waals surface area contributed by atoms with Crippen molar-refractivity contribution in [1.82, 2.24) is 14.8 Å². The Bertz CT molecular complexity index is 1320. The van der Waals surface area contributed by atoms with Crippen molar-refractivity contribution in [2.45, 2.75) is 24.8 Å². The normalized spacial score (nSPS) is 18.6. The Morgan fingerprint density at radius 2 is 1.58 bits per heavy atom. The van der Waals surface area contributed by atoms with Gasteiger partial charge >= 0.3 is 0 Å². The summed E-state index contributed by atoms with van der Waals surface area (Å²) in [5.41, 5.74) is 3.15. The highest BCUT2D eigenvalue weighted by Crippen LogP contribution is 2.49. The van der Waals surface area contributed by atoms with Gasteiger partial charge in [-0.05, 0) is 36.1 Å². The van der Waals surface area contributed by atoms with E-state index in [1.807, 2.05) is 30.3 Å². The molecule has 2 aromatic carbocycles. The maximum atomic E-state index is 13.8. The minimum Gasteiger partial charge on any atom is -0.493 e. The number of Topliss-reactive ketones (excluding diaryl/α,β-unsaturated/α-hetero) is 1. The summed E-state index contributed by atoms with van der Waals surface area (Å²) in [6, 6.07) is 8.92. The minimum absolute atomic E-state index is 0.0125. The van der Waals surface area contributed by atoms with Crippen molar-refractivity contribution in [3.63, 3.8) is 0 Å². The second-order valence-corrected chi connectivity index (χ2v) is 8.52. The highest BCUT2D eigenvalue weighted by atomic mass is 16.5. The first-order chi connectivity index (χ1) is 17.5. The molecule has 2 unspecified atom stereocenters. The van der Waals surface area contributed by atoms with Crippen molar-refractivity contribution in [3.05, 3.63) is 59.1 Å². The molecule has 2 aliphatic rings. The van der Waals surface area contributed by atoms with Crippen molar-refractivity contribution in [2.24, 2.45) is 0 Å².